The Morgan fingerprint density at radius 1 is 1.08 bits per heavy atom. The van der Waals surface area contributed by atoms with Gasteiger partial charge in [-0.2, -0.15) is 0 Å². The maximum atomic E-state index is 13.7. The third-order valence-electron chi connectivity index (χ3n) is 5.47. The molecular formula is C25H33Cl2N3O5S. The maximum absolute atomic E-state index is 13.7. The Kier molecular flexibility index (Phi) is 10.9. The minimum absolute atomic E-state index is 0.0348. The minimum atomic E-state index is -3.88. The molecule has 0 aliphatic heterocycles. The molecule has 0 radical (unpaired) electrons. The zero-order valence-electron chi connectivity index (χ0n) is 21.1. The zero-order chi connectivity index (χ0) is 27.0. The first-order chi connectivity index (χ1) is 16.9. The second-order valence-electron chi connectivity index (χ2n) is 8.76. The first-order valence-corrected chi connectivity index (χ1v) is 14.1. The van der Waals surface area contributed by atoms with E-state index in [4.69, 9.17) is 27.9 Å². The Morgan fingerprint density at radius 3 is 2.28 bits per heavy atom. The van der Waals surface area contributed by atoms with Gasteiger partial charge in [0.05, 0.1) is 24.1 Å². The van der Waals surface area contributed by atoms with E-state index in [0.717, 1.165) is 10.6 Å². The molecule has 36 heavy (non-hydrogen) atoms. The van der Waals surface area contributed by atoms with Crippen molar-refractivity contribution in [3.63, 3.8) is 0 Å². The Morgan fingerprint density at radius 2 is 1.75 bits per heavy atom. The van der Waals surface area contributed by atoms with Crippen LogP contribution in [0, 0.1) is 5.92 Å². The first kappa shape index (κ1) is 29.7. The topological polar surface area (TPSA) is 96.0 Å². The Hall–Kier alpha value is -2.49. The van der Waals surface area contributed by atoms with Crippen molar-refractivity contribution in [1.82, 2.24) is 10.2 Å². The van der Waals surface area contributed by atoms with Gasteiger partial charge in [-0.3, -0.25) is 13.9 Å². The molecule has 2 rings (SSSR count). The van der Waals surface area contributed by atoms with Gasteiger partial charge in [0.25, 0.3) is 0 Å². The molecule has 8 nitrogen and oxygen atoms in total. The molecule has 2 aromatic carbocycles. The van der Waals surface area contributed by atoms with Crippen LogP contribution in [0.25, 0.3) is 0 Å². The third-order valence-corrected chi connectivity index (χ3v) is 7.28. The van der Waals surface area contributed by atoms with Crippen LogP contribution in [0.3, 0.4) is 0 Å². The van der Waals surface area contributed by atoms with Crippen LogP contribution >= 0.6 is 23.2 Å². The fraction of sp³-hybridized carbons (Fsp3) is 0.440. The van der Waals surface area contributed by atoms with Crippen molar-refractivity contribution in [2.24, 2.45) is 5.92 Å². The van der Waals surface area contributed by atoms with Crippen molar-refractivity contribution < 1.29 is 22.7 Å². The summed E-state index contributed by atoms with van der Waals surface area (Å²) in [5, 5.41) is 3.51. The molecule has 198 valence electrons. The van der Waals surface area contributed by atoms with E-state index in [1.54, 1.807) is 31.2 Å². The van der Waals surface area contributed by atoms with E-state index < -0.39 is 28.5 Å². The molecule has 2 amide bonds. The quantitative estimate of drug-likeness (QED) is 0.418. The standard InChI is InChI=1S/C25H33Cl2N3O5S/c1-6-22(25(32)28-14-17(2)3)29(15-18-9-7-8-10-20(18)26)24(31)16-30(36(5,33)34)19-11-12-23(35-4)21(27)13-19/h7-13,17,22H,6,14-16H2,1-5H3,(H,28,32)/t22-/m0/s1. The van der Waals surface area contributed by atoms with Crippen LogP contribution in [0.4, 0.5) is 5.69 Å². The van der Waals surface area contributed by atoms with Crippen LogP contribution in [0.15, 0.2) is 42.5 Å². The zero-order valence-corrected chi connectivity index (χ0v) is 23.5. The largest absolute Gasteiger partial charge is 0.495 e. The van der Waals surface area contributed by atoms with Gasteiger partial charge in [0.1, 0.15) is 18.3 Å². The van der Waals surface area contributed by atoms with Crippen molar-refractivity contribution in [2.75, 3.05) is 30.8 Å². The van der Waals surface area contributed by atoms with E-state index in [0.29, 0.717) is 29.3 Å². The fourth-order valence-electron chi connectivity index (χ4n) is 3.58. The minimum Gasteiger partial charge on any atom is -0.495 e. The highest BCUT2D eigenvalue weighted by molar-refractivity contribution is 7.92. The van der Waals surface area contributed by atoms with Crippen LogP contribution in [0.2, 0.25) is 10.0 Å². The number of benzene rings is 2. The highest BCUT2D eigenvalue weighted by atomic mass is 35.5. The number of carbonyl (C=O) groups excluding carboxylic acids is 2. The van der Waals surface area contributed by atoms with E-state index in [1.807, 2.05) is 13.8 Å². The van der Waals surface area contributed by atoms with Crippen LogP contribution in [0.5, 0.6) is 5.75 Å². The summed E-state index contributed by atoms with van der Waals surface area (Å²) in [5.41, 5.74) is 0.840. The number of hydrogen-bond acceptors (Lipinski definition) is 5. The van der Waals surface area contributed by atoms with Gasteiger partial charge in [0.2, 0.25) is 21.8 Å². The van der Waals surface area contributed by atoms with E-state index in [1.165, 1.54) is 30.2 Å². The number of carbonyl (C=O) groups is 2. The first-order valence-electron chi connectivity index (χ1n) is 11.5. The van der Waals surface area contributed by atoms with Crippen LogP contribution < -0.4 is 14.4 Å². The predicted octanol–water partition coefficient (Wildman–Crippen LogP) is 4.35. The summed E-state index contributed by atoms with van der Waals surface area (Å²) in [7, 11) is -2.43. The number of amides is 2. The summed E-state index contributed by atoms with van der Waals surface area (Å²) < 4.78 is 31.5. The molecule has 0 spiro atoms. The number of sulfonamides is 1. The number of hydrogen-bond donors (Lipinski definition) is 1. The van der Waals surface area contributed by atoms with Crippen molar-refractivity contribution in [1.29, 1.82) is 0 Å². The number of methoxy groups -OCH3 is 1. The number of ether oxygens (including phenoxy) is 1. The number of halogens is 2. The van der Waals surface area contributed by atoms with Gasteiger partial charge in [-0.25, -0.2) is 8.42 Å². The average Bonchev–Trinajstić information content (AvgIpc) is 2.81. The molecule has 0 aromatic heterocycles. The number of nitrogens with zero attached hydrogens (tertiary/aromatic N) is 2. The van der Waals surface area contributed by atoms with Crippen LogP contribution in [-0.4, -0.2) is 57.6 Å². The molecule has 2 aromatic rings. The molecule has 0 bridgehead atoms. The van der Waals surface area contributed by atoms with Crippen molar-refractivity contribution in [2.45, 2.75) is 39.8 Å². The molecule has 0 aliphatic rings. The van der Waals surface area contributed by atoms with E-state index in [9.17, 15) is 18.0 Å². The van der Waals surface area contributed by atoms with Gasteiger partial charge in [-0.05, 0) is 42.2 Å². The van der Waals surface area contributed by atoms with Gasteiger partial charge >= 0.3 is 0 Å². The third kappa shape index (κ3) is 8.01. The van der Waals surface area contributed by atoms with Gasteiger partial charge in [-0.1, -0.05) is 62.2 Å². The monoisotopic (exact) mass is 557 g/mol. The van der Waals surface area contributed by atoms with Crippen molar-refractivity contribution >= 4 is 50.7 Å². The SMILES string of the molecule is CC[C@@H](C(=O)NCC(C)C)N(Cc1ccccc1Cl)C(=O)CN(c1ccc(OC)c(Cl)c1)S(C)(=O)=O. The molecule has 0 aliphatic carbocycles. The molecule has 0 heterocycles. The highest BCUT2D eigenvalue weighted by Gasteiger charge is 2.32. The molecule has 0 saturated heterocycles. The van der Waals surface area contributed by atoms with Crippen LogP contribution in [0.1, 0.15) is 32.8 Å². The van der Waals surface area contributed by atoms with Crippen molar-refractivity contribution in [3.05, 3.63) is 58.1 Å². The fourth-order valence-corrected chi connectivity index (χ4v) is 4.87. The van der Waals surface area contributed by atoms with Gasteiger partial charge in [0.15, 0.2) is 0 Å². The average molecular weight is 559 g/mol. The van der Waals surface area contributed by atoms with E-state index in [2.05, 4.69) is 5.32 Å². The molecule has 0 fully saturated rings. The number of nitrogens with one attached hydrogen (secondary N) is 1. The van der Waals surface area contributed by atoms with E-state index >= 15 is 0 Å². The Bertz CT molecular complexity index is 1170. The summed E-state index contributed by atoms with van der Waals surface area (Å²) in [6, 6.07) is 10.6. The van der Waals surface area contributed by atoms with Gasteiger partial charge in [-0.15, -0.1) is 0 Å². The molecule has 1 N–H and O–H groups in total. The lowest BCUT2D eigenvalue weighted by atomic mass is 10.1. The molecule has 1 atom stereocenters. The summed E-state index contributed by atoms with van der Waals surface area (Å²) in [4.78, 5) is 28.1. The molecule has 11 heteroatoms. The molecule has 0 saturated carbocycles. The van der Waals surface area contributed by atoms with E-state index in [-0.39, 0.29) is 29.1 Å². The second-order valence-corrected chi connectivity index (χ2v) is 11.5. The Labute approximate surface area is 223 Å². The highest BCUT2D eigenvalue weighted by Crippen LogP contribution is 2.30. The lowest BCUT2D eigenvalue weighted by molar-refractivity contribution is -0.140. The van der Waals surface area contributed by atoms with Crippen LogP contribution in [-0.2, 0) is 26.2 Å². The number of rotatable bonds is 12. The normalized spacial score (nSPS) is 12.2. The second kappa shape index (κ2) is 13.2. The summed E-state index contributed by atoms with van der Waals surface area (Å²) >= 11 is 12.6. The molecular weight excluding hydrogens is 525 g/mol. The summed E-state index contributed by atoms with van der Waals surface area (Å²) in [6.45, 7) is 5.69. The Balaban J connectivity index is 2.46. The van der Waals surface area contributed by atoms with Gasteiger partial charge < -0.3 is 15.0 Å². The summed E-state index contributed by atoms with van der Waals surface area (Å²) in [6.07, 6.45) is 1.33. The summed E-state index contributed by atoms with van der Waals surface area (Å²) in [5.74, 6) is -0.281. The number of anilines is 1. The predicted molar refractivity (Wildman–Crippen MR) is 144 cm³/mol. The van der Waals surface area contributed by atoms with Crippen molar-refractivity contribution in [3.8, 4) is 5.75 Å². The maximum Gasteiger partial charge on any atom is 0.244 e. The lowest BCUT2D eigenvalue weighted by Gasteiger charge is -2.33. The van der Waals surface area contributed by atoms with Gasteiger partial charge in [0, 0.05) is 18.1 Å². The smallest absolute Gasteiger partial charge is 0.244 e. The molecule has 0 unspecified atom stereocenters. The lowest BCUT2D eigenvalue weighted by Crippen LogP contribution is -2.52.